The second kappa shape index (κ2) is 4.75. The lowest BCUT2D eigenvalue weighted by Gasteiger charge is -2.35. The zero-order valence-corrected chi connectivity index (χ0v) is 14.0. The lowest BCUT2D eigenvalue weighted by Crippen LogP contribution is -2.35. The summed E-state index contributed by atoms with van der Waals surface area (Å²) in [4.78, 5) is 0. The van der Waals surface area contributed by atoms with Crippen LogP contribution in [-0.4, -0.2) is 5.54 Å². The molecule has 23 heavy (non-hydrogen) atoms. The summed E-state index contributed by atoms with van der Waals surface area (Å²) < 4.78 is 19.8. The molecule has 2 nitrogen and oxygen atoms in total. The highest BCUT2D eigenvalue weighted by molar-refractivity contribution is 6.31. The lowest BCUT2D eigenvalue weighted by molar-refractivity contribution is 0.286. The van der Waals surface area contributed by atoms with Gasteiger partial charge in [-0.25, -0.2) is 4.39 Å². The van der Waals surface area contributed by atoms with Crippen LogP contribution in [0.5, 0.6) is 5.75 Å². The number of hydrogen-bond acceptors (Lipinski definition) is 2. The molecule has 2 heterocycles. The number of nitrogens with one attached hydrogen (secondary N) is 1. The molecular weight excluding hydrogens is 313 g/mol. The van der Waals surface area contributed by atoms with E-state index in [2.05, 4.69) is 32.2 Å². The second-order valence-corrected chi connectivity index (χ2v) is 7.12. The SMILES string of the molecule is CC1=Cc2c(ccc3c2COc2c(F)cc(Cl)cc2-3)NC1(C)C. The molecule has 118 valence electrons. The lowest BCUT2D eigenvalue weighted by atomic mass is 9.84. The van der Waals surface area contributed by atoms with E-state index in [1.165, 1.54) is 11.6 Å². The maximum Gasteiger partial charge on any atom is 0.167 e. The molecule has 1 N–H and O–H groups in total. The summed E-state index contributed by atoms with van der Waals surface area (Å²) in [6, 6.07) is 7.12. The minimum absolute atomic E-state index is 0.0793. The van der Waals surface area contributed by atoms with E-state index < -0.39 is 5.82 Å². The molecule has 0 unspecified atom stereocenters. The van der Waals surface area contributed by atoms with Gasteiger partial charge < -0.3 is 10.1 Å². The van der Waals surface area contributed by atoms with Crippen molar-refractivity contribution >= 4 is 23.4 Å². The van der Waals surface area contributed by atoms with Crippen molar-refractivity contribution in [2.45, 2.75) is 32.9 Å². The molecule has 0 saturated heterocycles. The normalized spacial score (nSPS) is 17.2. The molecule has 0 atom stereocenters. The van der Waals surface area contributed by atoms with Gasteiger partial charge in [-0.15, -0.1) is 0 Å². The van der Waals surface area contributed by atoms with Gasteiger partial charge in [0.25, 0.3) is 0 Å². The molecule has 2 aromatic carbocycles. The molecule has 0 bridgehead atoms. The van der Waals surface area contributed by atoms with Gasteiger partial charge >= 0.3 is 0 Å². The number of hydrogen-bond donors (Lipinski definition) is 1. The molecule has 2 aromatic rings. The van der Waals surface area contributed by atoms with E-state index in [9.17, 15) is 4.39 Å². The summed E-state index contributed by atoms with van der Waals surface area (Å²) in [5.74, 6) is -0.131. The van der Waals surface area contributed by atoms with Crippen LogP contribution in [0.25, 0.3) is 17.2 Å². The van der Waals surface area contributed by atoms with Crippen molar-refractivity contribution in [3.63, 3.8) is 0 Å². The predicted octanol–water partition coefficient (Wildman–Crippen LogP) is 5.65. The van der Waals surface area contributed by atoms with Crippen LogP contribution in [0.4, 0.5) is 10.1 Å². The van der Waals surface area contributed by atoms with Crippen LogP contribution >= 0.6 is 11.6 Å². The maximum atomic E-state index is 14.1. The Bertz CT molecular complexity index is 870. The summed E-state index contributed by atoms with van der Waals surface area (Å²) >= 11 is 6.03. The molecule has 0 amide bonds. The van der Waals surface area contributed by atoms with Crippen molar-refractivity contribution in [2.24, 2.45) is 0 Å². The zero-order chi connectivity index (χ0) is 16.4. The fraction of sp³-hybridized carbons (Fsp3) is 0.263. The topological polar surface area (TPSA) is 21.3 Å². The van der Waals surface area contributed by atoms with Gasteiger partial charge in [0.05, 0.1) is 5.54 Å². The standard InChI is InChI=1S/C19H17ClFNO/c1-10-6-13-15-9-23-18-14(7-11(20)8-16(18)21)12(15)4-5-17(13)22-19(10,2)3/h4-8,22H,9H2,1-3H3. The van der Waals surface area contributed by atoms with Crippen LogP contribution in [0.2, 0.25) is 5.02 Å². The van der Waals surface area contributed by atoms with E-state index in [1.807, 2.05) is 12.1 Å². The molecule has 4 heteroatoms. The van der Waals surface area contributed by atoms with Gasteiger partial charge in [0.2, 0.25) is 0 Å². The van der Waals surface area contributed by atoms with E-state index in [1.54, 1.807) is 6.07 Å². The quantitative estimate of drug-likeness (QED) is 0.674. The molecule has 0 aromatic heterocycles. The number of halogens is 2. The van der Waals surface area contributed by atoms with Crippen molar-refractivity contribution in [1.82, 2.24) is 0 Å². The minimum Gasteiger partial charge on any atom is -0.485 e. The van der Waals surface area contributed by atoms with E-state index in [4.69, 9.17) is 16.3 Å². The Kier molecular flexibility index (Phi) is 3.01. The first-order valence-electron chi connectivity index (χ1n) is 7.62. The Morgan fingerprint density at radius 2 is 2.00 bits per heavy atom. The summed E-state index contributed by atoms with van der Waals surface area (Å²) in [5, 5.41) is 3.94. The van der Waals surface area contributed by atoms with E-state index >= 15 is 0 Å². The van der Waals surface area contributed by atoms with Crippen molar-refractivity contribution < 1.29 is 9.13 Å². The smallest absolute Gasteiger partial charge is 0.167 e. The van der Waals surface area contributed by atoms with Gasteiger partial charge in [0.1, 0.15) is 6.61 Å². The zero-order valence-electron chi connectivity index (χ0n) is 13.3. The summed E-state index contributed by atoms with van der Waals surface area (Å²) in [6.07, 6.45) is 2.19. The Hall–Kier alpha value is -2.00. The van der Waals surface area contributed by atoms with E-state index in [-0.39, 0.29) is 11.3 Å². The molecule has 0 fully saturated rings. The van der Waals surface area contributed by atoms with Crippen molar-refractivity contribution in [3.05, 3.63) is 51.8 Å². The maximum absolute atomic E-state index is 14.1. The molecule has 0 aliphatic carbocycles. The van der Waals surface area contributed by atoms with Gasteiger partial charge in [-0.2, -0.15) is 0 Å². The summed E-state index contributed by atoms with van der Waals surface area (Å²) in [7, 11) is 0. The highest BCUT2D eigenvalue weighted by atomic mass is 35.5. The first kappa shape index (κ1) is 14.6. The number of benzene rings is 2. The molecule has 2 aliphatic rings. The largest absolute Gasteiger partial charge is 0.485 e. The molecule has 2 aliphatic heterocycles. The Morgan fingerprint density at radius 3 is 2.78 bits per heavy atom. The van der Waals surface area contributed by atoms with E-state index in [0.717, 1.165) is 27.9 Å². The van der Waals surface area contributed by atoms with Crippen LogP contribution in [0.1, 0.15) is 31.9 Å². The number of ether oxygens (including phenoxy) is 1. The van der Waals surface area contributed by atoms with Crippen LogP contribution < -0.4 is 10.1 Å². The van der Waals surface area contributed by atoms with Crippen LogP contribution in [0.3, 0.4) is 0 Å². The highest BCUT2D eigenvalue weighted by Crippen LogP contribution is 2.45. The van der Waals surface area contributed by atoms with Gasteiger partial charge in [0, 0.05) is 27.4 Å². The molecule has 4 rings (SSSR count). The Labute approximate surface area is 139 Å². The first-order valence-corrected chi connectivity index (χ1v) is 8.00. The summed E-state index contributed by atoms with van der Waals surface area (Å²) in [5.41, 5.74) is 6.14. The van der Waals surface area contributed by atoms with Crippen molar-refractivity contribution in [1.29, 1.82) is 0 Å². The molecule has 0 saturated carbocycles. The predicted molar refractivity (Wildman–Crippen MR) is 92.5 cm³/mol. The minimum atomic E-state index is -0.415. The first-order chi connectivity index (χ1) is 10.9. The van der Waals surface area contributed by atoms with Crippen LogP contribution in [-0.2, 0) is 6.61 Å². The van der Waals surface area contributed by atoms with Gasteiger partial charge in [-0.05, 0) is 50.1 Å². The number of fused-ring (bicyclic) bond motifs is 5. The monoisotopic (exact) mass is 329 g/mol. The van der Waals surface area contributed by atoms with Crippen LogP contribution in [0, 0.1) is 5.82 Å². The molecule has 0 radical (unpaired) electrons. The number of rotatable bonds is 0. The van der Waals surface area contributed by atoms with Gasteiger partial charge in [-0.3, -0.25) is 0 Å². The molecular formula is C19H17ClFNO. The third kappa shape index (κ3) is 2.14. The summed E-state index contributed by atoms with van der Waals surface area (Å²) in [6.45, 7) is 6.78. The average molecular weight is 330 g/mol. The fourth-order valence-electron chi connectivity index (χ4n) is 3.23. The van der Waals surface area contributed by atoms with Crippen LogP contribution in [0.15, 0.2) is 29.8 Å². The third-order valence-corrected chi connectivity index (χ3v) is 5.03. The third-order valence-electron chi connectivity index (χ3n) is 4.81. The van der Waals surface area contributed by atoms with Crippen molar-refractivity contribution in [3.8, 4) is 16.9 Å². The molecule has 0 spiro atoms. The Morgan fingerprint density at radius 1 is 1.22 bits per heavy atom. The number of anilines is 1. The second-order valence-electron chi connectivity index (χ2n) is 6.68. The fourth-order valence-corrected chi connectivity index (χ4v) is 3.43. The highest BCUT2D eigenvalue weighted by Gasteiger charge is 2.30. The average Bonchev–Trinajstić information content (AvgIpc) is 2.47. The van der Waals surface area contributed by atoms with Gasteiger partial charge in [0.15, 0.2) is 11.6 Å². The Balaban J connectivity index is 1.96. The van der Waals surface area contributed by atoms with Gasteiger partial charge in [-0.1, -0.05) is 23.7 Å². The van der Waals surface area contributed by atoms with Crippen molar-refractivity contribution in [2.75, 3.05) is 5.32 Å². The van der Waals surface area contributed by atoms with E-state index in [0.29, 0.717) is 11.6 Å².